The van der Waals surface area contributed by atoms with E-state index in [9.17, 15) is 0 Å². The molecule has 0 saturated carbocycles. The van der Waals surface area contributed by atoms with E-state index in [1.165, 1.54) is 122 Å². The third kappa shape index (κ3) is 6.64. The molecular formula is C75H61N. The summed E-state index contributed by atoms with van der Waals surface area (Å²) in [6.07, 6.45) is 23.3. The summed E-state index contributed by atoms with van der Waals surface area (Å²) in [5.74, 6) is 0.611. The maximum absolute atomic E-state index is 2.60. The molecule has 366 valence electrons. The van der Waals surface area contributed by atoms with Crippen molar-refractivity contribution >= 4 is 49.8 Å². The van der Waals surface area contributed by atoms with Gasteiger partial charge in [-0.3, -0.25) is 0 Å². The third-order valence-electron chi connectivity index (χ3n) is 18.8. The Labute approximate surface area is 448 Å². The minimum absolute atomic E-state index is 0.160. The van der Waals surface area contributed by atoms with Gasteiger partial charge in [0.05, 0.1) is 0 Å². The van der Waals surface area contributed by atoms with Crippen LogP contribution in [0, 0.1) is 5.92 Å². The number of benzene rings is 9. The zero-order chi connectivity index (χ0) is 50.9. The van der Waals surface area contributed by atoms with E-state index in [1.807, 2.05) is 0 Å². The van der Waals surface area contributed by atoms with E-state index in [0.717, 1.165) is 25.7 Å². The third-order valence-corrected chi connectivity index (χ3v) is 18.8. The molecule has 1 heteroatoms. The highest BCUT2D eigenvalue weighted by Gasteiger charge is 2.51. The second-order valence-electron chi connectivity index (χ2n) is 23.4. The fourth-order valence-corrected chi connectivity index (χ4v) is 15.0. The van der Waals surface area contributed by atoms with Crippen molar-refractivity contribution < 1.29 is 0 Å². The molecule has 0 spiro atoms. The molecule has 0 aromatic heterocycles. The minimum atomic E-state index is -0.305. The van der Waals surface area contributed by atoms with Crippen LogP contribution in [-0.2, 0) is 16.2 Å². The van der Waals surface area contributed by atoms with Crippen LogP contribution in [0.25, 0.3) is 54.9 Å². The molecule has 0 bridgehead atoms. The van der Waals surface area contributed by atoms with E-state index in [-0.39, 0.29) is 22.2 Å². The summed E-state index contributed by atoms with van der Waals surface area (Å²) in [7, 11) is 0. The Bertz CT molecular complexity index is 4130. The van der Waals surface area contributed by atoms with Crippen molar-refractivity contribution in [1.29, 1.82) is 0 Å². The van der Waals surface area contributed by atoms with Crippen LogP contribution < -0.4 is 4.90 Å². The summed E-state index contributed by atoms with van der Waals surface area (Å²) < 4.78 is 0. The van der Waals surface area contributed by atoms with Gasteiger partial charge in [-0.2, -0.15) is 0 Å². The Balaban J connectivity index is 0.879. The molecule has 3 unspecified atom stereocenters. The lowest BCUT2D eigenvalue weighted by Crippen LogP contribution is -2.37. The number of hydrogen-bond donors (Lipinski definition) is 0. The molecule has 76 heavy (non-hydrogen) atoms. The first-order valence-electron chi connectivity index (χ1n) is 27.7. The molecule has 1 nitrogen and oxygen atoms in total. The van der Waals surface area contributed by atoms with Gasteiger partial charge in [-0.25, -0.2) is 0 Å². The highest BCUT2D eigenvalue weighted by molar-refractivity contribution is 5.95. The quantitative estimate of drug-likeness (QED) is 0.154. The van der Waals surface area contributed by atoms with Crippen LogP contribution in [0.4, 0.5) is 17.1 Å². The number of nitrogens with zero attached hydrogens (tertiary/aromatic N) is 1. The summed E-state index contributed by atoms with van der Waals surface area (Å²) in [5, 5.41) is 5.15. The van der Waals surface area contributed by atoms with Crippen molar-refractivity contribution in [1.82, 2.24) is 0 Å². The van der Waals surface area contributed by atoms with Gasteiger partial charge in [-0.05, 0) is 185 Å². The van der Waals surface area contributed by atoms with E-state index in [0.29, 0.717) is 5.92 Å². The summed E-state index contributed by atoms with van der Waals surface area (Å²) in [4.78, 5) is 2.60. The topological polar surface area (TPSA) is 3.24 Å². The molecule has 9 aromatic rings. The molecule has 0 fully saturated rings. The maximum Gasteiger partial charge on any atom is 0.0492 e. The molecule has 6 aliphatic carbocycles. The zero-order valence-electron chi connectivity index (χ0n) is 43.9. The number of anilines is 3. The lowest BCUT2D eigenvalue weighted by molar-refractivity contribution is 0.435. The highest BCUT2D eigenvalue weighted by Crippen LogP contribution is 2.61. The van der Waals surface area contributed by atoms with Crippen LogP contribution in [0.2, 0.25) is 0 Å². The standard InChI is InChI=1S/C75H61N/c1-73(2)68-43-54(52-29-27-48-17-11-13-19-50(48)41-52)31-36-62(68)64-38-33-58(45-70(64)73)76(59-34-39-65-63-37-32-55(44-69(63)74(3,4)71(65)46-59)53-30-28-49-18-12-14-20-51(49)42-53)60-35-40-66-61-25-15-16-26-67(61)75(72(66)47-60,56-21-7-5-8-22-56)57-23-9-6-10-24-57/h5-15,17-23,25,27-43,45-47,55,57H,16,24,26,44H2,1-4H3. The minimum Gasteiger partial charge on any atom is -0.310 e. The van der Waals surface area contributed by atoms with Gasteiger partial charge in [0.25, 0.3) is 0 Å². The van der Waals surface area contributed by atoms with E-state index in [4.69, 9.17) is 0 Å². The van der Waals surface area contributed by atoms with Gasteiger partial charge >= 0.3 is 0 Å². The predicted molar refractivity (Wildman–Crippen MR) is 321 cm³/mol. The fraction of sp³-hybridized carbons (Fsp3) is 0.173. The van der Waals surface area contributed by atoms with Crippen molar-refractivity contribution in [2.75, 3.05) is 4.90 Å². The first-order chi connectivity index (χ1) is 37.2. The highest BCUT2D eigenvalue weighted by atomic mass is 15.1. The van der Waals surface area contributed by atoms with Gasteiger partial charge in [-0.15, -0.1) is 0 Å². The molecule has 0 N–H and O–H groups in total. The van der Waals surface area contributed by atoms with Crippen molar-refractivity contribution in [3.05, 3.63) is 292 Å². The average Bonchev–Trinajstić information content (AvgIpc) is 4.16. The lowest BCUT2D eigenvalue weighted by Gasteiger charge is -2.42. The second-order valence-corrected chi connectivity index (χ2v) is 23.4. The lowest BCUT2D eigenvalue weighted by atomic mass is 9.60. The van der Waals surface area contributed by atoms with E-state index < -0.39 is 0 Å². The number of fused-ring (bicyclic) bond motifs is 9. The molecule has 0 heterocycles. The SMILES string of the molecule is CC1(C)C2=C(C=CC(c3ccc4ccccc4c3)C2)c2ccc(N(c3ccc4c(c3)C(C)(C)c3cc(-c5ccc6ccccc6c5)ccc3-4)c3ccc4c(c3)C(c3ccccc3)(C3C=CC=CC3)C3=C4C=CCC3)cc21. The number of rotatable bonds is 7. The number of hydrogen-bond acceptors (Lipinski definition) is 1. The van der Waals surface area contributed by atoms with Crippen LogP contribution in [0.5, 0.6) is 0 Å². The monoisotopic (exact) mass is 975 g/mol. The summed E-state index contributed by atoms with van der Waals surface area (Å²) in [5.41, 5.74) is 25.0. The Morgan fingerprint density at radius 1 is 0.434 bits per heavy atom. The van der Waals surface area contributed by atoms with Crippen LogP contribution >= 0.6 is 0 Å². The van der Waals surface area contributed by atoms with Crippen LogP contribution in [0.15, 0.2) is 248 Å². The molecule has 6 aliphatic rings. The van der Waals surface area contributed by atoms with Crippen LogP contribution in [0.3, 0.4) is 0 Å². The molecule has 0 radical (unpaired) electrons. The summed E-state index contributed by atoms with van der Waals surface area (Å²) >= 11 is 0. The van der Waals surface area contributed by atoms with Crippen LogP contribution in [-0.4, -0.2) is 0 Å². The summed E-state index contributed by atoms with van der Waals surface area (Å²) in [6, 6.07) is 72.3. The van der Waals surface area contributed by atoms with E-state index >= 15 is 0 Å². The summed E-state index contributed by atoms with van der Waals surface area (Å²) in [6.45, 7) is 9.81. The Kier molecular flexibility index (Phi) is 10.0. The van der Waals surface area contributed by atoms with Crippen molar-refractivity contribution in [3.63, 3.8) is 0 Å². The second kappa shape index (κ2) is 16.9. The maximum atomic E-state index is 2.60. The largest absolute Gasteiger partial charge is 0.310 e. The van der Waals surface area contributed by atoms with Crippen molar-refractivity contribution in [2.45, 2.75) is 75.5 Å². The van der Waals surface area contributed by atoms with Gasteiger partial charge in [0.2, 0.25) is 0 Å². The molecule has 3 atom stereocenters. The van der Waals surface area contributed by atoms with Crippen molar-refractivity contribution in [3.8, 4) is 22.3 Å². The van der Waals surface area contributed by atoms with Crippen LogP contribution in [0.1, 0.15) is 104 Å². The molecule has 0 aliphatic heterocycles. The van der Waals surface area contributed by atoms with Gasteiger partial charge < -0.3 is 4.90 Å². The van der Waals surface area contributed by atoms with Gasteiger partial charge in [0, 0.05) is 39.2 Å². The Morgan fingerprint density at radius 2 is 1.01 bits per heavy atom. The fourth-order valence-electron chi connectivity index (χ4n) is 15.0. The average molecular weight is 976 g/mol. The normalized spacial score (nSPS) is 20.9. The molecule has 0 saturated heterocycles. The predicted octanol–water partition coefficient (Wildman–Crippen LogP) is 19.8. The molecular weight excluding hydrogens is 915 g/mol. The smallest absolute Gasteiger partial charge is 0.0492 e. The number of allylic oxidation sites excluding steroid dienone is 12. The van der Waals surface area contributed by atoms with Gasteiger partial charge in [-0.1, -0.05) is 221 Å². The van der Waals surface area contributed by atoms with Crippen molar-refractivity contribution in [2.24, 2.45) is 5.92 Å². The van der Waals surface area contributed by atoms with Gasteiger partial charge in [0.15, 0.2) is 0 Å². The Morgan fingerprint density at radius 3 is 1.74 bits per heavy atom. The van der Waals surface area contributed by atoms with Gasteiger partial charge in [0.1, 0.15) is 0 Å². The molecule has 9 aromatic carbocycles. The van der Waals surface area contributed by atoms with E-state index in [1.54, 1.807) is 5.57 Å². The molecule has 0 amide bonds. The first kappa shape index (κ1) is 45.2. The Hall–Kier alpha value is -8.26. The van der Waals surface area contributed by atoms with E-state index in [2.05, 4.69) is 269 Å². The first-order valence-corrected chi connectivity index (χ1v) is 27.7. The zero-order valence-corrected chi connectivity index (χ0v) is 43.9. The molecule has 15 rings (SSSR count).